The molecule has 2 aromatic heterocycles. The third-order valence-corrected chi connectivity index (χ3v) is 6.17. The fourth-order valence-corrected chi connectivity index (χ4v) is 4.13. The average molecular weight is 442 g/mol. The minimum Gasteiger partial charge on any atom is -0.383 e. The lowest BCUT2D eigenvalue weighted by Crippen LogP contribution is -2.28. The molecule has 0 radical (unpaired) electrons. The molecule has 0 aliphatic carbocycles. The van der Waals surface area contributed by atoms with Gasteiger partial charge in [-0.1, -0.05) is 67.4 Å². The van der Waals surface area contributed by atoms with E-state index in [0.29, 0.717) is 24.3 Å². The monoisotopic (exact) mass is 441 g/mol. The van der Waals surface area contributed by atoms with Crippen molar-refractivity contribution in [2.75, 3.05) is 5.73 Å². The highest BCUT2D eigenvalue weighted by Crippen LogP contribution is 2.34. The number of nitrogens with two attached hydrogens (primary N) is 1. The molecule has 0 saturated heterocycles. The number of Topliss-reactive ketones (excluding diaryl/α,β-unsaturated/α-hetero) is 1. The first-order chi connectivity index (χ1) is 15.8. The normalized spacial score (nSPS) is 11.8. The highest BCUT2D eigenvalue weighted by atomic mass is 16.1. The molecular formula is C27H31N5O. The number of nitrogens with zero attached hydrogens (tertiary/aromatic N) is 4. The van der Waals surface area contributed by atoms with Crippen molar-refractivity contribution in [3.8, 4) is 11.3 Å². The smallest absolute Gasteiger partial charge is 0.164 e. The fraction of sp³-hybridized carbons (Fsp3) is 0.333. The van der Waals surface area contributed by atoms with Crippen LogP contribution >= 0.6 is 0 Å². The molecule has 0 fully saturated rings. The zero-order valence-electron chi connectivity index (χ0n) is 19.8. The Hall–Kier alpha value is -3.54. The zero-order chi connectivity index (χ0) is 23.6. The maximum Gasteiger partial charge on any atom is 0.164 e. The molecule has 2 aromatic carbocycles. The van der Waals surface area contributed by atoms with E-state index in [1.807, 2.05) is 28.9 Å². The molecule has 0 spiro atoms. The van der Waals surface area contributed by atoms with Gasteiger partial charge < -0.3 is 5.73 Å². The second-order valence-electron chi connectivity index (χ2n) is 9.27. The van der Waals surface area contributed by atoms with Gasteiger partial charge in [-0.15, -0.1) is 0 Å². The van der Waals surface area contributed by atoms with Gasteiger partial charge in [0.15, 0.2) is 11.4 Å². The van der Waals surface area contributed by atoms with Crippen molar-refractivity contribution in [2.45, 2.75) is 58.9 Å². The first kappa shape index (κ1) is 22.6. The molecule has 0 bridgehead atoms. The van der Waals surface area contributed by atoms with Crippen molar-refractivity contribution < 1.29 is 4.79 Å². The fourth-order valence-electron chi connectivity index (χ4n) is 4.13. The summed E-state index contributed by atoms with van der Waals surface area (Å²) in [5.41, 5.74) is 11.4. The number of rotatable bonds is 8. The summed E-state index contributed by atoms with van der Waals surface area (Å²) in [7, 11) is 0. The van der Waals surface area contributed by atoms with E-state index in [2.05, 4.69) is 61.9 Å². The standard InChI is InChI=1S/C27H31N5O/c1-5-6-19-9-13-20(14-10-19)22(33)15-16-27(3,4)32-26-23(25(28)29-17-30-26)24(31-32)21-11-7-18(2)8-12-21/h7-14,17H,5-6,15-16H2,1-4H3,(H2,28,29,30). The maximum atomic E-state index is 12.9. The van der Waals surface area contributed by atoms with E-state index >= 15 is 0 Å². The molecule has 0 saturated carbocycles. The molecule has 0 aliphatic rings. The molecule has 0 unspecified atom stereocenters. The largest absolute Gasteiger partial charge is 0.383 e. The van der Waals surface area contributed by atoms with Crippen LogP contribution in [0.15, 0.2) is 54.9 Å². The van der Waals surface area contributed by atoms with E-state index in [1.165, 1.54) is 17.5 Å². The lowest BCUT2D eigenvalue weighted by molar-refractivity contribution is 0.0963. The molecule has 2 N–H and O–H groups in total. The number of ketones is 1. The number of carbonyl (C=O) groups excluding carboxylic acids is 1. The third-order valence-electron chi connectivity index (χ3n) is 6.17. The van der Waals surface area contributed by atoms with Gasteiger partial charge in [0.1, 0.15) is 17.8 Å². The van der Waals surface area contributed by atoms with Crippen molar-refractivity contribution in [1.29, 1.82) is 0 Å². The van der Waals surface area contributed by atoms with Gasteiger partial charge in [-0.25, -0.2) is 14.6 Å². The van der Waals surface area contributed by atoms with Gasteiger partial charge in [-0.3, -0.25) is 4.79 Å². The van der Waals surface area contributed by atoms with Crippen LogP contribution in [0.1, 0.15) is 61.5 Å². The minimum absolute atomic E-state index is 0.135. The summed E-state index contributed by atoms with van der Waals surface area (Å²) in [6.07, 6.45) is 4.63. The van der Waals surface area contributed by atoms with E-state index < -0.39 is 5.54 Å². The Morgan fingerprint density at radius 2 is 1.73 bits per heavy atom. The average Bonchev–Trinajstić information content (AvgIpc) is 3.21. The molecule has 170 valence electrons. The van der Waals surface area contributed by atoms with Gasteiger partial charge in [0.2, 0.25) is 0 Å². The predicted molar refractivity (Wildman–Crippen MR) is 133 cm³/mol. The lowest BCUT2D eigenvalue weighted by Gasteiger charge is -2.25. The summed E-state index contributed by atoms with van der Waals surface area (Å²) in [5, 5.41) is 5.67. The number of benzene rings is 2. The summed E-state index contributed by atoms with van der Waals surface area (Å²) < 4.78 is 1.90. The Labute approximate surface area is 194 Å². The van der Waals surface area contributed by atoms with Gasteiger partial charge in [-0.2, -0.15) is 5.10 Å². The van der Waals surface area contributed by atoms with Crippen molar-refractivity contribution >= 4 is 22.6 Å². The predicted octanol–water partition coefficient (Wildman–Crippen LogP) is 5.73. The lowest BCUT2D eigenvalue weighted by atomic mass is 9.94. The summed E-state index contributed by atoms with van der Waals surface area (Å²) in [6, 6.07) is 16.2. The molecule has 0 atom stereocenters. The van der Waals surface area contributed by atoms with Crippen LogP contribution in [0, 0.1) is 6.92 Å². The molecule has 4 aromatic rings. The number of aromatic nitrogens is 4. The first-order valence-electron chi connectivity index (χ1n) is 11.5. The van der Waals surface area contributed by atoms with Gasteiger partial charge in [0.05, 0.1) is 10.9 Å². The van der Waals surface area contributed by atoms with Crippen molar-refractivity contribution in [2.24, 2.45) is 0 Å². The van der Waals surface area contributed by atoms with Gasteiger partial charge in [0.25, 0.3) is 0 Å². The minimum atomic E-state index is -0.445. The number of fused-ring (bicyclic) bond motifs is 1. The van der Waals surface area contributed by atoms with Crippen LogP contribution in [0.4, 0.5) is 5.82 Å². The second kappa shape index (κ2) is 9.14. The van der Waals surface area contributed by atoms with Gasteiger partial charge >= 0.3 is 0 Å². The van der Waals surface area contributed by atoms with Crippen LogP contribution in [0.25, 0.3) is 22.3 Å². The van der Waals surface area contributed by atoms with Crippen LogP contribution in [0.5, 0.6) is 0 Å². The SMILES string of the molecule is CCCc1ccc(C(=O)CCC(C)(C)n2nc(-c3ccc(C)cc3)c3c(N)ncnc32)cc1. The molecule has 2 heterocycles. The van der Waals surface area contributed by atoms with Crippen molar-refractivity contribution in [3.63, 3.8) is 0 Å². The molecule has 33 heavy (non-hydrogen) atoms. The molecule has 0 aliphatic heterocycles. The van der Waals surface area contributed by atoms with E-state index in [9.17, 15) is 4.79 Å². The molecule has 4 rings (SSSR count). The maximum absolute atomic E-state index is 12.9. The van der Waals surface area contributed by atoms with Gasteiger partial charge in [-0.05, 0) is 39.2 Å². The summed E-state index contributed by atoms with van der Waals surface area (Å²) in [6.45, 7) is 8.36. The Balaban J connectivity index is 1.63. The first-order valence-corrected chi connectivity index (χ1v) is 11.5. The Bertz CT molecular complexity index is 1270. The van der Waals surface area contributed by atoms with E-state index in [1.54, 1.807) is 0 Å². The second-order valence-corrected chi connectivity index (χ2v) is 9.27. The van der Waals surface area contributed by atoms with E-state index in [-0.39, 0.29) is 5.78 Å². The van der Waals surface area contributed by atoms with Crippen molar-refractivity contribution in [3.05, 3.63) is 71.5 Å². The van der Waals surface area contributed by atoms with Crippen molar-refractivity contribution in [1.82, 2.24) is 19.7 Å². The number of hydrogen-bond donors (Lipinski definition) is 1. The number of nitrogen functional groups attached to an aromatic ring is 1. The molecule has 6 heteroatoms. The Morgan fingerprint density at radius 3 is 2.39 bits per heavy atom. The topological polar surface area (TPSA) is 86.7 Å². The van der Waals surface area contributed by atoms with Crippen LogP contribution in [0.3, 0.4) is 0 Å². The summed E-state index contributed by atoms with van der Waals surface area (Å²) >= 11 is 0. The Morgan fingerprint density at radius 1 is 1.03 bits per heavy atom. The van der Waals surface area contributed by atoms with Crippen LogP contribution in [0.2, 0.25) is 0 Å². The number of carbonyl (C=O) groups is 1. The van der Waals surface area contributed by atoms with E-state index in [0.717, 1.165) is 35.0 Å². The molecular weight excluding hydrogens is 410 g/mol. The highest BCUT2D eigenvalue weighted by Gasteiger charge is 2.28. The Kier molecular flexibility index (Phi) is 6.27. The number of anilines is 1. The summed E-state index contributed by atoms with van der Waals surface area (Å²) in [4.78, 5) is 21.6. The quantitative estimate of drug-likeness (QED) is 0.353. The summed E-state index contributed by atoms with van der Waals surface area (Å²) in [5.74, 6) is 0.538. The van der Waals surface area contributed by atoms with Crippen LogP contribution < -0.4 is 5.73 Å². The molecule has 0 amide bonds. The number of aryl methyl sites for hydroxylation is 2. The zero-order valence-corrected chi connectivity index (χ0v) is 19.8. The highest BCUT2D eigenvalue weighted by molar-refractivity contribution is 5.98. The third kappa shape index (κ3) is 4.65. The number of hydrogen-bond acceptors (Lipinski definition) is 5. The van der Waals surface area contributed by atoms with Crippen LogP contribution in [-0.2, 0) is 12.0 Å². The van der Waals surface area contributed by atoms with Gasteiger partial charge in [0, 0.05) is 17.5 Å². The van der Waals surface area contributed by atoms with Crippen LogP contribution in [-0.4, -0.2) is 25.5 Å². The van der Waals surface area contributed by atoms with E-state index in [4.69, 9.17) is 10.8 Å². The molecule has 6 nitrogen and oxygen atoms in total.